The van der Waals surface area contributed by atoms with E-state index in [0.29, 0.717) is 13.0 Å². The molecule has 4 nitrogen and oxygen atoms in total. The van der Waals surface area contributed by atoms with Crippen LogP contribution < -0.4 is 0 Å². The number of benzene rings is 1. The van der Waals surface area contributed by atoms with Gasteiger partial charge in [-0.1, -0.05) is 0 Å². The molecule has 2 unspecified atom stereocenters. The molecule has 1 saturated carbocycles. The van der Waals surface area contributed by atoms with Gasteiger partial charge in [-0.25, -0.2) is 4.39 Å². The van der Waals surface area contributed by atoms with Crippen molar-refractivity contribution in [3.05, 3.63) is 29.6 Å². The second-order valence-electron chi connectivity index (χ2n) is 5.83. The Bertz CT molecular complexity index is 587. The van der Waals surface area contributed by atoms with Crippen LogP contribution in [-0.2, 0) is 4.79 Å². The van der Waals surface area contributed by atoms with Gasteiger partial charge in [0.1, 0.15) is 17.3 Å². The van der Waals surface area contributed by atoms with Crippen LogP contribution in [0, 0.1) is 11.7 Å². The number of ketones is 1. The molecule has 0 spiro atoms. The van der Waals surface area contributed by atoms with Crippen molar-refractivity contribution >= 4 is 11.7 Å². The largest absolute Gasteiger partial charge is 0.507 e. The summed E-state index contributed by atoms with van der Waals surface area (Å²) in [4.78, 5) is 26.2. The number of carbonyl (C=O) groups is 2. The third kappa shape index (κ3) is 2.52. The molecule has 1 aliphatic carbocycles. The summed E-state index contributed by atoms with van der Waals surface area (Å²) in [6.07, 6.45) is 4.02. The van der Waals surface area contributed by atoms with E-state index in [1.165, 1.54) is 12.1 Å². The Balaban J connectivity index is 1.84. The summed E-state index contributed by atoms with van der Waals surface area (Å²) >= 11 is 0. The molecule has 21 heavy (non-hydrogen) atoms. The van der Waals surface area contributed by atoms with E-state index in [-0.39, 0.29) is 35.0 Å². The minimum absolute atomic E-state index is 0.0703. The van der Waals surface area contributed by atoms with Crippen LogP contribution >= 0.6 is 0 Å². The summed E-state index contributed by atoms with van der Waals surface area (Å²) < 4.78 is 13.0. The second kappa shape index (κ2) is 5.47. The Morgan fingerprint density at radius 1 is 1.29 bits per heavy atom. The minimum Gasteiger partial charge on any atom is -0.507 e. The maximum atomic E-state index is 13.0. The standard InChI is InChI=1S/C16H18FNO3/c17-10-6-7-12(15(20)9-10)16(21)18-8-2-4-13(18)11-3-1-5-14(11)19/h6-7,9,11,13,20H,1-5,8H2. The number of hydrogen-bond acceptors (Lipinski definition) is 3. The fourth-order valence-corrected chi connectivity index (χ4v) is 3.55. The van der Waals surface area contributed by atoms with Gasteiger partial charge in [-0.15, -0.1) is 0 Å². The molecule has 2 fully saturated rings. The normalized spacial score (nSPS) is 25.6. The predicted molar refractivity (Wildman–Crippen MR) is 74.5 cm³/mol. The molecule has 0 bridgehead atoms. The number of Topliss-reactive ketones (excluding diaryl/α,β-unsaturated/α-hetero) is 1. The molecule has 1 aliphatic heterocycles. The van der Waals surface area contributed by atoms with Crippen molar-refractivity contribution in [2.75, 3.05) is 6.54 Å². The van der Waals surface area contributed by atoms with Crippen molar-refractivity contribution in [3.63, 3.8) is 0 Å². The maximum absolute atomic E-state index is 13.0. The maximum Gasteiger partial charge on any atom is 0.257 e. The van der Waals surface area contributed by atoms with Crippen LogP contribution in [0.25, 0.3) is 0 Å². The van der Waals surface area contributed by atoms with E-state index < -0.39 is 5.82 Å². The number of phenolic OH excluding ortho intramolecular Hbond substituents is 1. The number of likely N-dealkylation sites (tertiary alicyclic amines) is 1. The monoisotopic (exact) mass is 291 g/mol. The summed E-state index contributed by atoms with van der Waals surface area (Å²) in [5.41, 5.74) is 0.105. The number of hydrogen-bond donors (Lipinski definition) is 1. The molecule has 1 saturated heterocycles. The topological polar surface area (TPSA) is 57.6 Å². The molecule has 1 N–H and O–H groups in total. The third-order valence-corrected chi connectivity index (χ3v) is 4.57. The Hall–Kier alpha value is -1.91. The number of rotatable bonds is 2. The number of amides is 1. The van der Waals surface area contributed by atoms with Crippen molar-refractivity contribution < 1.29 is 19.1 Å². The number of nitrogens with zero attached hydrogens (tertiary/aromatic N) is 1. The number of carbonyl (C=O) groups excluding carboxylic acids is 2. The Morgan fingerprint density at radius 2 is 2.10 bits per heavy atom. The van der Waals surface area contributed by atoms with E-state index in [0.717, 1.165) is 31.7 Å². The minimum atomic E-state index is -0.576. The van der Waals surface area contributed by atoms with Gasteiger partial charge in [0.15, 0.2) is 0 Å². The highest BCUT2D eigenvalue weighted by atomic mass is 19.1. The number of phenols is 1. The zero-order chi connectivity index (χ0) is 15.0. The van der Waals surface area contributed by atoms with E-state index in [4.69, 9.17) is 0 Å². The van der Waals surface area contributed by atoms with Crippen LogP contribution in [0.15, 0.2) is 18.2 Å². The van der Waals surface area contributed by atoms with E-state index in [1.54, 1.807) is 4.90 Å². The zero-order valence-electron chi connectivity index (χ0n) is 11.7. The van der Waals surface area contributed by atoms with E-state index >= 15 is 0 Å². The van der Waals surface area contributed by atoms with Gasteiger partial charge in [-0.3, -0.25) is 9.59 Å². The lowest BCUT2D eigenvalue weighted by atomic mass is 9.94. The van der Waals surface area contributed by atoms with Crippen molar-refractivity contribution in [2.24, 2.45) is 5.92 Å². The first-order chi connectivity index (χ1) is 10.1. The highest BCUT2D eigenvalue weighted by Crippen LogP contribution is 2.34. The molecule has 1 aromatic carbocycles. The molecule has 0 aromatic heterocycles. The molecule has 5 heteroatoms. The van der Waals surface area contributed by atoms with Gasteiger partial charge < -0.3 is 10.0 Å². The van der Waals surface area contributed by atoms with Crippen LogP contribution in [0.2, 0.25) is 0 Å². The van der Waals surface area contributed by atoms with Crippen molar-refractivity contribution in [2.45, 2.75) is 38.1 Å². The lowest BCUT2D eigenvalue weighted by Gasteiger charge is -2.28. The lowest BCUT2D eigenvalue weighted by Crippen LogP contribution is -2.41. The summed E-state index contributed by atoms with van der Waals surface area (Å²) in [5, 5.41) is 9.77. The molecule has 1 aromatic rings. The smallest absolute Gasteiger partial charge is 0.257 e. The van der Waals surface area contributed by atoms with Gasteiger partial charge in [-0.05, 0) is 37.8 Å². The molecule has 1 amide bonds. The number of halogens is 1. The van der Waals surface area contributed by atoms with Crippen molar-refractivity contribution in [1.82, 2.24) is 4.90 Å². The third-order valence-electron chi connectivity index (χ3n) is 4.57. The van der Waals surface area contributed by atoms with Gasteiger partial charge in [0.25, 0.3) is 5.91 Å². The Kier molecular flexibility index (Phi) is 3.66. The fraction of sp³-hybridized carbons (Fsp3) is 0.500. The molecule has 3 rings (SSSR count). The fourth-order valence-electron chi connectivity index (χ4n) is 3.55. The Labute approximate surface area is 122 Å². The van der Waals surface area contributed by atoms with E-state index in [9.17, 15) is 19.1 Å². The predicted octanol–water partition coefficient (Wildman–Crippen LogP) is 2.51. The quantitative estimate of drug-likeness (QED) is 0.911. The molecule has 0 radical (unpaired) electrons. The van der Waals surface area contributed by atoms with Crippen molar-refractivity contribution in [3.8, 4) is 5.75 Å². The number of aromatic hydroxyl groups is 1. The lowest BCUT2D eigenvalue weighted by molar-refractivity contribution is -0.121. The SMILES string of the molecule is O=C1CCCC1C1CCCN1C(=O)c1ccc(F)cc1O. The van der Waals surface area contributed by atoms with Gasteiger partial charge in [0.2, 0.25) is 0 Å². The first kappa shape index (κ1) is 14.0. The summed E-state index contributed by atoms with van der Waals surface area (Å²) in [7, 11) is 0. The second-order valence-corrected chi connectivity index (χ2v) is 5.83. The summed E-state index contributed by atoms with van der Waals surface area (Å²) in [6.45, 7) is 0.587. The van der Waals surface area contributed by atoms with Gasteiger partial charge >= 0.3 is 0 Å². The molecule has 2 aliphatic rings. The van der Waals surface area contributed by atoms with Crippen LogP contribution in [0.1, 0.15) is 42.5 Å². The average molecular weight is 291 g/mol. The molecule has 112 valence electrons. The Morgan fingerprint density at radius 3 is 2.76 bits per heavy atom. The highest BCUT2D eigenvalue weighted by Gasteiger charge is 2.40. The molecular weight excluding hydrogens is 273 g/mol. The molecule has 2 atom stereocenters. The van der Waals surface area contributed by atoms with E-state index in [2.05, 4.69) is 0 Å². The average Bonchev–Trinajstić information content (AvgIpc) is 3.06. The zero-order valence-corrected chi connectivity index (χ0v) is 11.7. The molecular formula is C16H18FNO3. The van der Waals surface area contributed by atoms with Crippen LogP contribution in [0.4, 0.5) is 4.39 Å². The van der Waals surface area contributed by atoms with Crippen LogP contribution in [0.3, 0.4) is 0 Å². The first-order valence-electron chi connectivity index (χ1n) is 7.40. The highest BCUT2D eigenvalue weighted by molar-refractivity contribution is 5.97. The van der Waals surface area contributed by atoms with E-state index in [1.807, 2.05) is 0 Å². The van der Waals surface area contributed by atoms with Gasteiger partial charge in [0.05, 0.1) is 5.56 Å². The van der Waals surface area contributed by atoms with Crippen LogP contribution in [0.5, 0.6) is 5.75 Å². The van der Waals surface area contributed by atoms with Gasteiger partial charge in [-0.2, -0.15) is 0 Å². The van der Waals surface area contributed by atoms with Gasteiger partial charge in [0, 0.05) is 31.0 Å². The van der Waals surface area contributed by atoms with Crippen molar-refractivity contribution in [1.29, 1.82) is 0 Å². The molecule has 1 heterocycles. The summed E-state index contributed by atoms with van der Waals surface area (Å²) in [5.74, 6) is -1.06. The van der Waals surface area contributed by atoms with Crippen LogP contribution in [-0.4, -0.2) is 34.3 Å². The first-order valence-corrected chi connectivity index (χ1v) is 7.40. The summed E-state index contributed by atoms with van der Waals surface area (Å²) in [6, 6.07) is 3.34.